The molecule has 0 spiro atoms. The SMILES string of the molecule is CC1(C)[C@H](NC(=O)c2cc[nH]c(=O)c2)C[C@H]1OCc1ccccc1. The molecule has 0 bridgehead atoms. The number of rotatable bonds is 5. The van der Waals surface area contributed by atoms with Crippen LogP contribution in [-0.4, -0.2) is 23.0 Å². The van der Waals surface area contributed by atoms with Gasteiger partial charge in [-0.15, -0.1) is 0 Å². The second-order valence-electron chi connectivity index (χ2n) is 6.81. The molecule has 2 aromatic rings. The fourth-order valence-corrected chi connectivity index (χ4v) is 3.01. The van der Waals surface area contributed by atoms with Gasteiger partial charge in [-0.05, 0) is 18.1 Å². The molecule has 5 nitrogen and oxygen atoms in total. The highest BCUT2D eigenvalue weighted by Crippen LogP contribution is 2.43. The monoisotopic (exact) mass is 326 g/mol. The maximum absolute atomic E-state index is 12.3. The van der Waals surface area contributed by atoms with Crippen molar-refractivity contribution in [1.82, 2.24) is 10.3 Å². The third-order valence-electron chi connectivity index (χ3n) is 4.81. The molecule has 2 N–H and O–H groups in total. The van der Waals surface area contributed by atoms with Gasteiger partial charge in [0.15, 0.2) is 0 Å². The summed E-state index contributed by atoms with van der Waals surface area (Å²) in [5, 5.41) is 3.01. The van der Waals surface area contributed by atoms with Crippen molar-refractivity contribution in [2.24, 2.45) is 5.41 Å². The van der Waals surface area contributed by atoms with Crippen LogP contribution in [0.15, 0.2) is 53.5 Å². The van der Waals surface area contributed by atoms with E-state index in [2.05, 4.69) is 24.1 Å². The van der Waals surface area contributed by atoms with Crippen molar-refractivity contribution >= 4 is 5.91 Å². The van der Waals surface area contributed by atoms with Crippen LogP contribution in [-0.2, 0) is 11.3 Å². The molecule has 0 aliphatic heterocycles. The number of carbonyl (C=O) groups is 1. The zero-order valence-electron chi connectivity index (χ0n) is 13.9. The van der Waals surface area contributed by atoms with Crippen molar-refractivity contribution in [2.45, 2.75) is 39.0 Å². The average molecular weight is 326 g/mol. The van der Waals surface area contributed by atoms with Crippen LogP contribution in [0.4, 0.5) is 0 Å². The summed E-state index contributed by atoms with van der Waals surface area (Å²) < 4.78 is 6.01. The minimum absolute atomic E-state index is 0.0325. The van der Waals surface area contributed by atoms with Crippen LogP contribution >= 0.6 is 0 Å². The van der Waals surface area contributed by atoms with E-state index in [1.54, 1.807) is 6.07 Å². The maximum Gasteiger partial charge on any atom is 0.251 e. The molecule has 0 saturated heterocycles. The zero-order valence-corrected chi connectivity index (χ0v) is 13.9. The minimum Gasteiger partial charge on any atom is -0.373 e. The molecule has 1 aliphatic rings. The van der Waals surface area contributed by atoms with E-state index in [4.69, 9.17) is 4.74 Å². The highest BCUT2D eigenvalue weighted by molar-refractivity contribution is 5.94. The summed E-state index contributed by atoms with van der Waals surface area (Å²) in [6.07, 6.45) is 2.35. The Morgan fingerprint density at radius 2 is 2.04 bits per heavy atom. The number of pyridine rings is 1. The largest absolute Gasteiger partial charge is 0.373 e. The van der Waals surface area contributed by atoms with Gasteiger partial charge in [0.05, 0.1) is 12.7 Å². The molecule has 1 amide bonds. The molecule has 24 heavy (non-hydrogen) atoms. The number of carbonyl (C=O) groups excluding carboxylic acids is 1. The minimum atomic E-state index is -0.278. The fraction of sp³-hybridized carbons (Fsp3) is 0.368. The summed E-state index contributed by atoms with van der Waals surface area (Å²) in [6, 6.07) is 13.0. The summed E-state index contributed by atoms with van der Waals surface area (Å²) in [6.45, 7) is 4.76. The Bertz CT molecular complexity index is 767. The predicted octanol–water partition coefficient (Wildman–Crippen LogP) is 2.49. The standard InChI is InChI=1S/C19H22N2O3/c1-19(2)15(21-18(23)14-8-9-20-17(22)10-14)11-16(19)24-12-13-6-4-3-5-7-13/h3-10,15-16H,11-12H2,1-2H3,(H,20,22)(H,21,23)/t15-,16-/m1/s1. The van der Waals surface area contributed by atoms with Gasteiger partial charge >= 0.3 is 0 Å². The Hall–Kier alpha value is -2.40. The number of hydrogen-bond donors (Lipinski definition) is 2. The van der Waals surface area contributed by atoms with Crippen molar-refractivity contribution in [2.75, 3.05) is 0 Å². The summed E-state index contributed by atoms with van der Waals surface area (Å²) in [4.78, 5) is 26.1. The molecule has 1 aromatic heterocycles. The molecule has 1 heterocycles. The van der Waals surface area contributed by atoms with Gasteiger partial charge in [-0.2, -0.15) is 0 Å². The first-order valence-electron chi connectivity index (χ1n) is 8.12. The molecule has 5 heteroatoms. The van der Waals surface area contributed by atoms with E-state index >= 15 is 0 Å². The van der Waals surface area contributed by atoms with Crippen LogP contribution in [0.2, 0.25) is 0 Å². The van der Waals surface area contributed by atoms with Crippen LogP contribution in [0.3, 0.4) is 0 Å². The summed E-state index contributed by atoms with van der Waals surface area (Å²) >= 11 is 0. The Balaban J connectivity index is 1.56. The molecular weight excluding hydrogens is 304 g/mol. The van der Waals surface area contributed by atoms with Crippen molar-refractivity contribution in [3.05, 3.63) is 70.1 Å². The highest BCUT2D eigenvalue weighted by Gasteiger charge is 2.49. The first-order valence-corrected chi connectivity index (χ1v) is 8.12. The molecule has 0 radical (unpaired) electrons. The first kappa shape index (κ1) is 16.5. The number of hydrogen-bond acceptors (Lipinski definition) is 3. The molecule has 0 unspecified atom stereocenters. The maximum atomic E-state index is 12.3. The fourth-order valence-electron chi connectivity index (χ4n) is 3.01. The van der Waals surface area contributed by atoms with Gasteiger partial charge in [0.25, 0.3) is 5.91 Å². The number of aromatic amines is 1. The Kier molecular flexibility index (Phi) is 4.53. The topological polar surface area (TPSA) is 71.2 Å². The Morgan fingerprint density at radius 1 is 1.29 bits per heavy atom. The predicted molar refractivity (Wildman–Crippen MR) is 91.7 cm³/mol. The van der Waals surface area contributed by atoms with Gasteiger partial charge in [0.2, 0.25) is 5.56 Å². The van der Waals surface area contributed by atoms with Crippen LogP contribution in [0.25, 0.3) is 0 Å². The average Bonchev–Trinajstić information content (AvgIpc) is 2.58. The smallest absolute Gasteiger partial charge is 0.251 e. The number of amides is 1. The number of aromatic nitrogens is 1. The van der Waals surface area contributed by atoms with Crippen molar-refractivity contribution < 1.29 is 9.53 Å². The molecule has 1 saturated carbocycles. The lowest BCUT2D eigenvalue weighted by Gasteiger charge is -2.51. The van der Waals surface area contributed by atoms with E-state index in [-0.39, 0.29) is 29.0 Å². The van der Waals surface area contributed by atoms with Gasteiger partial charge in [0.1, 0.15) is 0 Å². The normalized spacial score (nSPS) is 21.8. The summed E-state index contributed by atoms with van der Waals surface area (Å²) in [5.41, 5.74) is 1.10. The number of nitrogens with one attached hydrogen (secondary N) is 2. The molecule has 1 fully saturated rings. The third-order valence-corrected chi connectivity index (χ3v) is 4.81. The highest BCUT2D eigenvalue weighted by atomic mass is 16.5. The Morgan fingerprint density at radius 3 is 2.71 bits per heavy atom. The van der Waals surface area contributed by atoms with E-state index < -0.39 is 0 Å². The molecule has 2 atom stereocenters. The summed E-state index contributed by atoms with van der Waals surface area (Å²) in [7, 11) is 0. The van der Waals surface area contributed by atoms with E-state index in [0.29, 0.717) is 12.2 Å². The van der Waals surface area contributed by atoms with Crippen molar-refractivity contribution in [1.29, 1.82) is 0 Å². The molecular formula is C19H22N2O3. The van der Waals surface area contributed by atoms with Gasteiger partial charge in [0, 0.05) is 29.3 Å². The lowest BCUT2D eigenvalue weighted by atomic mass is 9.64. The number of H-pyrrole nitrogens is 1. The molecule has 3 rings (SSSR count). The molecule has 126 valence electrons. The van der Waals surface area contributed by atoms with Gasteiger partial charge in [-0.3, -0.25) is 9.59 Å². The molecule has 1 aliphatic carbocycles. The molecule has 1 aromatic carbocycles. The van der Waals surface area contributed by atoms with E-state index in [9.17, 15) is 9.59 Å². The number of ether oxygens (including phenoxy) is 1. The van der Waals surface area contributed by atoms with Crippen LogP contribution in [0, 0.1) is 5.41 Å². The van der Waals surface area contributed by atoms with Crippen LogP contribution < -0.4 is 10.9 Å². The van der Waals surface area contributed by atoms with E-state index in [1.807, 2.05) is 30.3 Å². The second-order valence-corrected chi connectivity index (χ2v) is 6.81. The third kappa shape index (κ3) is 3.41. The lowest BCUT2D eigenvalue weighted by Crippen LogP contribution is -2.62. The van der Waals surface area contributed by atoms with Crippen LogP contribution in [0.5, 0.6) is 0 Å². The van der Waals surface area contributed by atoms with Crippen molar-refractivity contribution in [3.8, 4) is 0 Å². The quantitative estimate of drug-likeness (QED) is 0.887. The van der Waals surface area contributed by atoms with E-state index in [1.165, 1.54) is 12.3 Å². The summed E-state index contributed by atoms with van der Waals surface area (Å²) in [5.74, 6) is -0.222. The number of benzene rings is 1. The van der Waals surface area contributed by atoms with Crippen molar-refractivity contribution in [3.63, 3.8) is 0 Å². The van der Waals surface area contributed by atoms with E-state index in [0.717, 1.165) is 12.0 Å². The van der Waals surface area contributed by atoms with Gasteiger partial charge in [-0.1, -0.05) is 44.2 Å². The Labute approximate surface area is 141 Å². The van der Waals surface area contributed by atoms with Gasteiger partial charge in [-0.25, -0.2) is 0 Å². The zero-order chi connectivity index (χ0) is 17.2. The van der Waals surface area contributed by atoms with Crippen LogP contribution in [0.1, 0.15) is 36.2 Å². The second kappa shape index (κ2) is 6.61. The lowest BCUT2D eigenvalue weighted by molar-refractivity contribution is -0.122. The van der Waals surface area contributed by atoms with Gasteiger partial charge < -0.3 is 15.0 Å². The first-order chi connectivity index (χ1) is 11.5.